The van der Waals surface area contributed by atoms with Crippen LogP contribution in [-0.2, 0) is 4.79 Å². The first-order valence-electron chi connectivity index (χ1n) is 8.09. The molecule has 2 rings (SSSR count). The Balaban J connectivity index is 1.94. The van der Waals surface area contributed by atoms with Gasteiger partial charge in [-0.25, -0.2) is 4.39 Å². The summed E-state index contributed by atoms with van der Waals surface area (Å²) in [6.07, 6.45) is -4.66. The van der Waals surface area contributed by atoms with Crippen molar-refractivity contribution in [2.24, 2.45) is 0 Å². The Bertz CT molecular complexity index is 696. The van der Waals surface area contributed by atoms with Crippen molar-refractivity contribution in [3.8, 4) is 0 Å². The zero-order chi connectivity index (χ0) is 19.7. The predicted molar refractivity (Wildman–Crippen MR) is 84.9 cm³/mol. The molecule has 1 aromatic carbocycles. The molecule has 1 aliphatic rings. The van der Waals surface area contributed by atoms with Crippen LogP contribution in [0.15, 0.2) is 18.2 Å². The van der Waals surface area contributed by atoms with Crippen LogP contribution in [0.2, 0.25) is 0 Å². The lowest BCUT2D eigenvalue weighted by atomic mass is 9.99. The van der Waals surface area contributed by atoms with Crippen LogP contribution >= 0.6 is 0 Å². The van der Waals surface area contributed by atoms with Crippen LogP contribution < -0.4 is 5.32 Å². The molecular weight excluding hydrogens is 356 g/mol. The fraction of sp³-hybridized carbons (Fsp3) is 0.529. The summed E-state index contributed by atoms with van der Waals surface area (Å²) in [6, 6.07) is 3.79. The number of halogens is 4. The monoisotopic (exact) mass is 376 g/mol. The zero-order valence-electron chi connectivity index (χ0n) is 14.4. The predicted octanol–water partition coefficient (Wildman–Crippen LogP) is 2.17. The van der Waals surface area contributed by atoms with Crippen molar-refractivity contribution in [2.75, 3.05) is 13.1 Å². The molecule has 0 unspecified atom stereocenters. The van der Waals surface area contributed by atoms with Gasteiger partial charge in [0.2, 0.25) is 5.60 Å². The van der Waals surface area contributed by atoms with Crippen molar-refractivity contribution in [1.29, 1.82) is 0 Å². The topological polar surface area (TPSA) is 69.6 Å². The van der Waals surface area contributed by atoms with Gasteiger partial charge in [-0.15, -0.1) is 0 Å². The Morgan fingerprint density at radius 3 is 2.31 bits per heavy atom. The Morgan fingerprint density at radius 1 is 1.23 bits per heavy atom. The van der Waals surface area contributed by atoms with Gasteiger partial charge in [0.05, 0.1) is 5.56 Å². The Labute approximate surface area is 148 Å². The maximum Gasteiger partial charge on any atom is 0.426 e. The van der Waals surface area contributed by atoms with Crippen LogP contribution in [0, 0.1) is 12.7 Å². The highest BCUT2D eigenvalue weighted by Crippen LogP contribution is 2.32. The van der Waals surface area contributed by atoms with Crippen molar-refractivity contribution >= 4 is 11.8 Å². The third-order valence-corrected chi connectivity index (χ3v) is 4.46. The quantitative estimate of drug-likeness (QED) is 0.795. The van der Waals surface area contributed by atoms with Crippen LogP contribution in [0.25, 0.3) is 0 Å². The number of nitrogens with zero attached hydrogens (tertiary/aromatic N) is 1. The number of hydrogen-bond donors (Lipinski definition) is 2. The normalized spacial score (nSPS) is 18.3. The standard InChI is InChI=1S/C17H20F4N2O3/c1-10-3-4-12(13(18)9-10)14(24)22-11-5-7-23(8-6-11)15(25)16(2,26)17(19,20)21/h3-4,9,11,26H,5-8H2,1-2H3,(H,22,24)/t16-/m1/s1. The average molecular weight is 376 g/mol. The molecule has 0 aromatic heterocycles. The van der Waals surface area contributed by atoms with Gasteiger partial charge in [0.1, 0.15) is 5.82 Å². The molecule has 9 heteroatoms. The first kappa shape index (κ1) is 20.2. The van der Waals surface area contributed by atoms with Crippen LogP contribution in [0.5, 0.6) is 0 Å². The third kappa shape index (κ3) is 4.14. The first-order valence-corrected chi connectivity index (χ1v) is 8.09. The fourth-order valence-electron chi connectivity index (χ4n) is 2.72. The van der Waals surface area contributed by atoms with E-state index in [4.69, 9.17) is 0 Å². The van der Waals surface area contributed by atoms with Crippen molar-refractivity contribution in [2.45, 2.75) is 44.5 Å². The van der Waals surface area contributed by atoms with Gasteiger partial charge < -0.3 is 15.3 Å². The number of aryl methyl sites for hydroxylation is 1. The van der Waals surface area contributed by atoms with E-state index in [0.29, 0.717) is 12.5 Å². The average Bonchev–Trinajstić information content (AvgIpc) is 2.53. The Morgan fingerprint density at radius 2 is 1.81 bits per heavy atom. The summed E-state index contributed by atoms with van der Waals surface area (Å²) in [7, 11) is 0. The van der Waals surface area contributed by atoms with Crippen LogP contribution in [-0.4, -0.2) is 52.7 Å². The number of nitrogens with one attached hydrogen (secondary N) is 1. The van der Waals surface area contributed by atoms with Crippen molar-refractivity contribution < 1.29 is 32.3 Å². The van der Waals surface area contributed by atoms with E-state index in [-0.39, 0.29) is 31.5 Å². The number of piperidine rings is 1. The zero-order valence-corrected chi connectivity index (χ0v) is 14.4. The minimum absolute atomic E-state index is 0.0492. The van der Waals surface area contributed by atoms with E-state index in [1.165, 1.54) is 12.1 Å². The second-order valence-corrected chi connectivity index (χ2v) is 6.59. The number of benzene rings is 1. The minimum Gasteiger partial charge on any atom is -0.373 e. The molecule has 1 aliphatic heterocycles. The lowest BCUT2D eigenvalue weighted by molar-refractivity contribution is -0.250. The summed E-state index contributed by atoms with van der Waals surface area (Å²) in [5, 5.41) is 12.1. The lowest BCUT2D eigenvalue weighted by Crippen LogP contribution is -2.58. The molecule has 1 atom stereocenters. The molecule has 1 aromatic rings. The number of carbonyl (C=O) groups excluding carboxylic acids is 2. The number of aliphatic hydroxyl groups is 1. The van der Waals surface area contributed by atoms with E-state index >= 15 is 0 Å². The molecule has 1 heterocycles. The van der Waals surface area contributed by atoms with Gasteiger partial charge in [-0.1, -0.05) is 6.07 Å². The van der Waals surface area contributed by atoms with E-state index in [9.17, 15) is 32.3 Å². The van der Waals surface area contributed by atoms with Gasteiger partial charge in [0.25, 0.3) is 11.8 Å². The highest BCUT2D eigenvalue weighted by molar-refractivity contribution is 5.94. The SMILES string of the molecule is Cc1ccc(C(=O)NC2CCN(C(=O)[C@@](C)(O)C(F)(F)F)CC2)c(F)c1. The molecule has 0 saturated carbocycles. The summed E-state index contributed by atoms with van der Waals surface area (Å²) >= 11 is 0. The van der Waals surface area contributed by atoms with Crippen LogP contribution in [0.3, 0.4) is 0 Å². The highest BCUT2D eigenvalue weighted by atomic mass is 19.4. The summed E-state index contributed by atoms with van der Waals surface area (Å²) in [4.78, 5) is 25.0. The smallest absolute Gasteiger partial charge is 0.373 e. The van der Waals surface area contributed by atoms with Gasteiger partial charge >= 0.3 is 6.18 Å². The van der Waals surface area contributed by atoms with E-state index < -0.39 is 35.5 Å². The molecule has 0 bridgehead atoms. The molecule has 0 spiro atoms. The number of likely N-dealkylation sites (tertiary alicyclic amines) is 1. The number of rotatable bonds is 3. The van der Waals surface area contributed by atoms with Gasteiger partial charge in [0.15, 0.2) is 0 Å². The summed E-state index contributed by atoms with van der Waals surface area (Å²) in [6.45, 7) is 2.01. The molecule has 26 heavy (non-hydrogen) atoms. The highest BCUT2D eigenvalue weighted by Gasteiger charge is 2.57. The van der Waals surface area contributed by atoms with Gasteiger partial charge in [-0.05, 0) is 44.4 Å². The largest absolute Gasteiger partial charge is 0.426 e. The minimum atomic E-state index is -5.07. The number of hydrogen-bond acceptors (Lipinski definition) is 3. The Hall–Kier alpha value is -2.16. The second kappa shape index (κ2) is 7.22. The van der Waals surface area contributed by atoms with E-state index in [1.54, 1.807) is 13.0 Å². The van der Waals surface area contributed by atoms with Crippen molar-refractivity contribution in [1.82, 2.24) is 10.2 Å². The summed E-state index contributed by atoms with van der Waals surface area (Å²) in [5.74, 6) is -2.69. The maximum atomic E-state index is 13.8. The molecule has 0 radical (unpaired) electrons. The van der Waals surface area contributed by atoms with Gasteiger partial charge in [0, 0.05) is 19.1 Å². The maximum absolute atomic E-state index is 13.8. The molecule has 2 amide bonds. The van der Waals surface area contributed by atoms with E-state index in [0.717, 1.165) is 4.90 Å². The van der Waals surface area contributed by atoms with Crippen molar-refractivity contribution in [3.63, 3.8) is 0 Å². The lowest BCUT2D eigenvalue weighted by Gasteiger charge is -2.37. The third-order valence-electron chi connectivity index (χ3n) is 4.46. The Kier molecular flexibility index (Phi) is 5.60. The first-order chi connectivity index (χ1) is 11.9. The van der Waals surface area contributed by atoms with E-state index in [1.807, 2.05) is 0 Å². The molecule has 1 fully saturated rings. The van der Waals surface area contributed by atoms with Gasteiger partial charge in [-0.3, -0.25) is 9.59 Å². The molecule has 144 valence electrons. The second-order valence-electron chi connectivity index (χ2n) is 6.59. The molecule has 0 aliphatic carbocycles. The van der Waals surface area contributed by atoms with Gasteiger partial charge in [-0.2, -0.15) is 13.2 Å². The molecule has 5 nitrogen and oxygen atoms in total. The van der Waals surface area contributed by atoms with Crippen LogP contribution in [0.1, 0.15) is 35.7 Å². The number of alkyl halides is 3. The molecular formula is C17H20F4N2O3. The fourth-order valence-corrected chi connectivity index (χ4v) is 2.72. The summed E-state index contributed by atoms with van der Waals surface area (Å²) < 4.78 is 52.1. The van der Waals surface area contributed by atoms with E-state index in [2.05, 4.69) is 5.32 Å². The molecule has 1 saturated heterocycles. The number of carbonyl (C=O) groups is 2. The molecule has 2 N–H and O–H groups in total. The number of amides is 2. The van der Waals surface area contributed by atoms with Crippen molar-refractivity contribution in [3.05, 3.63) is 35.1 Å². The summed E-state index contributed by atoms with van der Waals surface area (Å²) in [5.41, 5.74) is -2.90. The van der Waals surface area contributed by atoms with Crippen LogP contribution in [0.4, 0.5) is 17.6 Å².